The molecule has 5 nitrogen and oxygen atoms in total. The summed E-state index contributed by atoms with van der Waals surface area (Å²) in [6.45, 7) is 6.29. The van der Waals surface area contributed by atoms with Crippen molar-refractivity contribution in [2.45, 2.75) is 39.7 Å². The summed E-state index contributed by atoms with van der Waals surface area (Å²) in [5, 5.41) is 9.21. The zero-order valence-corrected chi connectivity index (χ0v) is 13.3. The molecule has 1 amide bonds. The van der Waals surface area contributed by atoms with Crippen molar-refractivity contribution >= 4 is 11.9 Å². The predicted molar refractivity (Wildman–Crippen MR) is 82.9 cm³/mol. The molecule has 0 aromatic heterocycles. The topological polar surface area (TPSA) is 66.8 Å². The van der Waals surface area contributed by atoms with Crippen molar-refractivity contribution in [2.24, 2.45) is 5.92 Å². The summed E-state index contributed by atoms with van der Waals surface area (Å²) in [5.74, 6) is -0.782. The van der Waals surface area contributed by atoms with Crippen molar-refractivity contribution in [1.82, 2.24) is 4.90 Å². The Morgan fingerprint density at radius 3 is 2.73 bits per heavy atom. The Bertz CT molecular complexity index is 570. The second-order valence-corrected chi connectivity index (χ2v) is 5.97. The van der Waals surface area contributed by atoms with Gasteiger partial charge in [0.25, 0.3) is 5.91 Å². The fraction of sp³-hybridized carbons (Fsp3) is 0.529. The van der Waals surface area contributed by atoms with Gasteiger partial charge in [-0.15, -0.1) is 0 Å². The first-order chi connectivity index (χ1) is 10.4. The van der Waals surface area contributed by atoms with Gasteiger partial charge in [0, 0.05) is 12.6 Å². The predicted octanol–water partition coefficient (Wildman–Crippen LogP) is 2.39. The van der Waals surface area contributed by atoms with Gasteiger partial charge in [0.2, 0.25) is 0 Å². The average Bonchev–Trinajstić information content (AvgIpc) is 2.46. The van der Waals surface area contributed by atoms with Gasteiger partial charge in [-0.25, -0.2) is 0 Å². The van der Waals surface area contributed by atoms with Crippen molar-refractivity contribution in [2.75, 3.05) is 13.2 Å². The molecule has 1 aromatic rings. The molecule has 120 valence electrons. The van der Waals surface area contributed by atoms with Gasteiger partial charge in [0.1, 0.15) is 5.75 Å². The molecule has 1 heterocycles. The Kier molecular flexibility index (Phi) is 5.06. The van der Waals surface area contributed by atoms with Gasteiger partial charge in [0.05, 0.1) is 5.92 Å². The largest absolute Gasteiger partial charge is 0.484 e. The van der Waals surface area contributed by atoms with Crippen LogP contribution in [0.3, 0.4) is 0 Å². The number of hydrogen-bond acceptors (Lipinski definition) is 3. The molecule has 0 unspecified atom stereocenters. The van der Waals surface area contributed by atoms with Crippen molar-refractivity contribution < 1.29 is 19.4 Å². The quantitative estimate of drug-likeness (QED) is 0.927. The molecule has 0 radical (unpaired) electrons. The Morgan fingerprint density at radius 2 is 2.09 bits per heavy atom. The highest BCUT2D eigenvalue weighted by Gasteiger charge is 2.35. The van der Waals surface area contributed by atoms with E-state index in [1.165, 1.54) is 0 Å². The Hall–Kier alpha value is -2.04. The summed E-state index contributed by atoms with van der Waals surface area (Å²) < 4.78 is 5.61. The van der Waals surface area contributed by atoms with E-state index in [1.807, 2.05) is 32.0 Å². The number of aryl methyl sites for hydroxylation is 2. The lowest BCUT2D eigenvalue weighted by Gasteiger charge is -2.37. The van der Waals surface area contributed by atoms with E-state index < -0.39 is 11.9 Å². The van der Waals surface area contributed by atoms with E-state index in [0.29, 0.717) is 18.7 Å². The van der Waals surface area contributed by atoms with E-state index in [0.717, 1.165) is 17.5 Å². The number of hydrogen-bond donors (Lipinski definition) is 1. The maximum atomic E-state index is 12.3. The maximum Gasteiger partial charge on any atom is 0.308 e. The van der Waals surface area contributed by atoms with Gasteiger partial charge in [0.15, 0.2) is 6.61 Å². The first-order valence-electron chi connectivity index (χ1n) is 7.62. The summed E-state index contributed by atoms with van der Waals surface area (Å²) >= 11 is 0. The van der Waals surface area contributed by atoms with Gasteiger partial charge in [-0.2, -0.15) is 0 Å². The molecule has 1 aromatic carbocycles. The van der Waals surface area contributed by atoms with Crippen LogP contribution in [-0.4, -0.2) is 41.1 Å². The standard InChI is InChI=1S/C17H23NO4/c1-11-6-7-15(12(2)9-11)22-10-16(19)18-8-4-5-14(13(18)3)17(20)21/h6-7,9,13-14H,4-5,8,10H2,1-3H3,(H,20,21)/t13-,14-/m1/s1. The molecule has 0 saturated carbocycles. The van der Waals surface area contributed by atoms with Crippen LogP contribution in [0.4, 0.5) is 0 Å². The number of nitrogens with zero attached hydrogens (tertiary/aromatic N) is 1. The van der Waals surface area contributed by atoms with Crippen molar-refractivity contribution in [1.29, 1.82) is 0 Å². The molecule has 5 heteroatoms. The molecule has 1 fully saturated rings. The highest BCUT2D eigenvalue weighted by Crippen LogP contribution is 2.24. The molecule has 0 bridgehead atoms. The van der Waals surface area contributed by atoms with Crippen LogP contribution in [0.25, 0.3) is 0 Å². The van der Waals surface area contributed by atoms with Crippen molar-refractivity contribution in [3.05, 3.63) is 29.3 Å². The van der Waals surface area contributed by atoms with Gasteiger partial charge in [-0.3, -0.25) is 9.59 Å². The summed E-state index contributed by atoms with van der Waals surface area (Å²) in [6, 6.07) is 5.51. The molecule has 1 aliphatic rings. The van der Waals surface area contributed by atoms with E-state index in [2.05, 4.69) is 0 Å². The third kappa shape index (κ3) is 3.59. The van der Waals surface area contributed by atoms with E-state index >= 15 is 0 Å². The number of aliphatic carboxylic acids is 1. The Labute approximate surface area is 130 Å². The lowest BCUT2D eigenvalue weighted by molar-refractivity contribution is -0.149. The summed E-state index contributed by atoms with van der Waals surface area (Å²) in [5.41, 5.74) is 2.13. The summed E-state index contributed by atoms with van der Waals surface area (Å²) in [7, 11) is 0. The zero-order valence-electron chi connectivity index (χ0n) is 13.3. The van der Waals surface area contributed by atoms with Crippen molar-refractivity contribution in [3.8, 4) is 5.75 Å². The number of carbonyl (C=O) groups is 2. The van der Waals surface area contributed by atoms with Gasteiger partial charge in [-0.05, 0) is 45.2 Å². The molecule has 0 spiro atoms. The Balaban J connectivity index is 1.98. The number of piperidine rings is 1. The minimum atomic E-state index is -0.833. The minimum Gasteiger partial charge on any atom is -0.484 e. The maximum absolute atomic E-state index is 12.3. The van der Waals surface area contributed by atoms with Crippen LogP contribution < -0.4 is 4.74 Å². The van der Waals surface area contributed by atoms with Crippen LogP contribution >= 0.6 is 0 Å². The summed E-state index contributed by atoms with van der Waals surface area (Å²) in [6.07, 6.45) is 1.34. The lowest BCUT2D eigenvalue weighted by Crippen LogP contribution is -2.50. The third-order valence-electron chi connectivity index (χ3n) is 4.31. The van der Waals surface area contributed by atoms with E-state index in [-0.39, 0.29) is 18.6 Å². The molecule has 1 aliphatic heterocycles. The van der Waals surface area contributed by atoms with Crippen LogP contribution in [0.15, 0.2) is 18.2 Å². The van der Waals surface area contributed by atoms with E-state index in [1.54, 1.807) is 11.8 Å². The number of ether oxygens (including phenoxy) is 1. The van der Waals surface area contributed by atoms with Crippen LogP contribution in [0, 0.1) is 19.8 Å². The molecule has 22 heavy (non-hydrogen) atoms. The molecule has 1 N–H and O–H groups in total. The third-order valence-corrected chi connectivity index (χ3v) is 4.31. The second-order valence-electron chi connectivity index (χ2n) is 5.97. The van der Waals surface area contributed by atoms with Gasteiger partial charge < -0.3 is 14.7 Å². The number of carboxylic acids is 1. The van der Waals surface area contributed by atoms with Crippen LogP contribution in [-0.2, 0) is 9.59 Å². The molecular weight excluding hydrogens is 282 g/mol. The van der Waals surface area contributed by atoms with E-state index in [4.69, 9.17) is 4.74 Å². The number of carbonyl (C=O) groups excluding carboxylic acids is 1. The molecule has 2 rings (SSSR count). The Morgan fingerprint density at radius 1 is 1.36 bits per heavy atom. The number of likely N-dealkylation sites (tertiary alicyclic amines) is 1. The fourth-order valence-electron chi connectivity index (χ4n) is 3.01. The van der Waals surface area contributed by atoms with Crippen LogP contribution in [0.2, 0.25) is 0 Å². The monoisotopic (exact) mass is 305 g/mol. The highest BCUT2D eigenvalue weighted by atomic mass is 16.5. The normalized spacial score (nSPS) is 21.5. The minimum absolute atomic E-state index is 0.0550. The first-order valence-corrected chi connectivity index (χ1v) is 7.62. The van der Waals surface area contributed by atoms with Crippen molar-refractivity contribution in [3.63, 3.8) is 0 Å². The molecule has 1 saturated heterocycles. The van der Waals surface area contributed by atoms with Crippen LogP contribution in [0.5, 0.6) is 5.75 Å². The smallest absolute Gasteiger partial charge is 0.308 e. The molecule has 2 atom stereocenters. The zero-order chi connectivity index (χ0) is 16.3. The average molecular weight is 305 g/mol. The van der Waals surface area contributed by atoms with Crippen LogP contribution in [0.1, 0.15) is 30.9 Å². The molecule has 0 aliphatic carbocycles. The summed E-state index contributed by atoms with van der Waals surface area (Å²) in [4.78, 5) is 25.2. The number of benzene rings is 1. The number of carboxylic acid groups (broad SMARTS) is 1. The second kappa shape index (κ2) is 6.81. The SMILES string of the molecule is Cc1ccc(OCC(=O)N2CCC[C@@H](C(=O)O)[C@H]2C)c(C)c1. The molecular formula is C17H23NO4. The van der Waals surface area contributed by atoms with E-state index in [9.17, 15) is 14.7 Å². The van der Waals surface area contributed by atoms with Gasteiger partial charge in [-0.1, -0.05) is 17.7 Å². The first kappa shape index (κ1) is 16.3. The highest BCUT2D eigenvalue weighted by molar-refractivity contribution is 5.80. The number of amides is 1. The number of rotatable bonds is 4. The van der Waals surface area contributed by atoms with Gasteiger partial charge >= 0.3 is 5.97 Å². The lowest BCUT2D eigenvalue weighted by atomic mass is 9.90. The fourth-order valence-corrected chi connectivity index (χ4v) is 3.01.